The highest BCUT2D eigenvalue weighted by atomic mass is 19.3. The minimum atomic E-state index is -4.29. The maximum atomic E-state index is 12.7. The molecule has 1 aromatic carbocycles. The Morgan fingerprint density at radius 2 is 2.05 bits per heavy atom. The summed E-state index contributed by atoms with van der Waals surface area (Å²) in [4.78, 5) is 11.7. The molecule has 0 aliphatic carbocycles. The van der Waals surface area contributed by atoms with Crippen molar-refractivity contribution in [2.45, 2.75) is 32.3 Å². The lowest BCUT2D eigenvalue weighted by Gasteiger charge is -2.19. The van der Waals surface area contributed by atoms with Gasteiger partial charge in [-0.3, -0.25) is 4.79 Å². The number of aryl methyl sites for hydroxylation is 1. The van der Waals surface area contributed by atoms with E-state index >= 15 is 0 Å². The summed E-state index contributed by atoms with van der Waals surface area (Å²) in [6.07, 6.45) is -5.14. The quantitative estimate of drug-likeness (QED) is 0.627. The minimum Gasteiger partial charge on any atom is -0.399 e. The van der Waals surface area contributed by atoms with Crippen LogP contribution in [0.3, 0.4) is 0 Å². The first-order valence-corrected chi connectivity index (χ1v) is 6.08. The number of ether oxygens (including phenoxy) is 1. The van der Waals surface area contributed by atoms with Crippen molar-refractivity contribution >= 4 is 17.3 Å². The van der Waals surface area contributed by atoms with Crippen LogP contribution in [0.5, 0.6) is 0 Å². The fraction of sp³-hybridized carbons (Fsp3) is 0.462. The molecule has 1 rings (SSSR count). The van der Waals surface area contributed by atoms with E-state index in [-0.39, 0.29) is 0 Å². The fourth-order valence-corrected chi connectivity index (χ4v) is 1.44. The molecule has 0 spiro atoms. The lowest BCUT2D eigenvalue weighted by Crippen LogP contribution is -2.37. The lowest BCUT2D eigenvalue weighted by molar-refractivity contribution is -0.176. The van der Waals surface area contributed by atoms with E-state index in [1.807, 2.05) is 0 Å². The second kappa shape index (κ2) is 6.75. The van der Waals surface area contributed by atoms with Gasteiger partial charge < -0.3 is 15.8 Å². The number of rotatable bonds is 6. The summed E-state index contributed by atoms with van der Waals surface area (Å²) in [6.45, 7) is 1.37. The number of carbonyl (C=O) groups is 1. The second-order valence-electron chi connectivity index (χ2n) is 4.58. The van der Waals surface area contributed by atoms with E-state index in [1.54, 1.807) is 25.1 Å². The van der Waals surface area contributed by atoms with Crippen molar-refractivity contribution in [3.05, 3.63) is 23.8 Å². The first-order valence-electron chi connectivity index (χ1n) is 6.08. The standard InChI is InChI=1S/C13H16F4N2O2/c1-7-5-9(18)3-4-10(7)19-11(20)8(2)21-6-13(16,17)12(14)15/h3-5,8,12H,6,18H2,1-2H3,(H,19,20). The molecule has 118 valence electrons. The van der Waals surface area contributed by atoms with Gasteiger partial charge in [0.2, 0.25) is 0 Å². The lowest BCUT2D eigenvalue weighted by atomic mass is 10.1. The highest BCUT2D eigenvalue weighted by Gasteiger charge is 2.41. The molecular weight excluding hydrogens is 292 g/mol. The molecule has 0 fully saturated rings. The van der Waals surface area contributed by atoms with Crippen molar-refractivity contribution in [3.8, 4) is 0 Å². The van der Waals surface area contributed by atoms with E-state index in [1.165, 1.54) is 6.92 Å². The zero-order valence-corrected chi connectivity index (χ0v) is 11.5. The number of alkyl halides is 4. The summed E-state index contributed by atoms with van der Waals surface area (Å²) in [5.41, 5.74) is 7.17. The van der Waals surface area contributed by atoms with Crippen LogP contribution in [0.15, 0.2) is 18.2 Å². The highest BCUT2D eigenvalue weighted by Crippen LogP contribution is 2.24. The van der Waals surface area contributed by atoms with Crippen LogP contribution in [-0.4, -0.2) is 31.0 Å². The Bertz CT molecular complexity index is 509. The zero-order chi connectivity index (χ0) is 16.2. The van der Waals surface area contributed by atoms with Gasteiger partial charge in [-0.05, 0) is 37.6 Å². The molecule has 0 aromatic heterocycles. The van der Waals surface area contributed by atoms with Crippen LogP contribution in [0.25, 0.3) is 0 Å². The van der Waals surface area contributed by atoms with Gasteiger partial charge in [-0.2, -0.15) is 8.78 Å². The predicted octanol–water partition coefficient (Wildman–Crippen LogP) is 2.82. The van der Waals surface area contributed by atoms with Crippen LogP contribution in [0.2, 0.25) is 0 Å². The summed E-state index contributed by atoms with van der Waals surface area (Å²) in [7, 11) is 0. The van der Waals surface area contributed by atoms with Gasteiger partial charge in [-0.1, -0.05) is 0 Å². The number of anilines is 2. The number of nitrogen functional groups attached to an aromatic ring is 1. The van der Waals surface area contributed by atoms with Crippen molar-refractivity contribution in [3.63, 3.8) is 0 Å². The number of benzene rings is 1. The first-order chi connectivity index (χ1) is 9.63. The second-order valence-corrected chi connectivity index (χ2v) is 4.58. The van der Waals surface area contributed by atoms with Crippen LogP contribution in [0.1, 0.15) is 12.5 Å². The van der Waals surface area contributed by atoms with Gasteiger partial charge in [0.15, 0.2) is 0 Å². The summed E-state index contributed by atoms with van der Waals surface area (Å²) in [6, 6.07) is 4.72. The van der Waals surface area contributed by atoms with E-state index in [4.69, 9.17) is 5.73 Å². The molecule has 0 radical (unpaired) electrons. The van der Waals surface area contributed by atoms with Crippen LogP contribution in [-0.2, 0) is 9.53 Å². The molecule has 0 saturated carbocycles. The normalized spacial score (nSPS) is 13.3. The van der Waals surface area contributed by atoms with Crippen molar-refractivity contribution in [1.82, 2.24) is 0 Å². The zero-order valence-electron chi connectivity index (χ0n) is 11.5. The molecular formula is C13H16F4N2O2. The molecule has 0 bridgehead atoms. The topological polar surface area (TPSA) is 64.3 Å². The molecule has 0 heterocycles. The monoisotopic (exact) mass is 308 g/mol. The maximum absolute atomic E-state index is 12.7. The molecule has 0 aliphatic rings. The SMILES string of the molecule is Cc1cc(N)ccc1NC(=O)C(C)OCC(F)(F)C(F)F. The number of hydrogen-bond donors (Lipinski definition) is 2. The Morgan fingerprint density at radius 1 is 1.43 bits per heavy atom. The van der Waals surface area contributed by atoms with Gasteiger partial charge in [0, 0.05) is 11.4 Å². The molecule has 3 N–H and O–H groups in total. The molecule has 8 heteroatoms. The van der Waals surface area contributed by atoms with Gasteiger partial charge in [-0.25, -0.2) is 8.78 Å². The van der Waals surface area contributed by atoms with Crippen LogP contribution >= 0.6 is 0 Å². The molecule has 21 heavy (non-hydrogen) atoms. The predicted molar refractivity (Wildman–Crippen MR) is 70.6 cm³/mol. The van der Waals surface area contributed by atoms with Gasteiger partial charge in [0.25, 0.3) is 5.91 Å². The maximum Gasteiger partial charge on any atom is 0.330 e. The summed E-state index contributed by atoms with van der Waals surface area (Å²) in [5, 5.41) is 2.45. The highest BCUT2D eigenvalue weighted by molar-refractivity contribution is 5.94. The van der Waals surface area contributed by atoms with E-state index < -0.39 is 31.0 Å². The van der Waals surface area contributed by atoms with Crippen LogP contribution in [0, 0.1) is 6.92 Å². The molecule has 4 nitrogen and oxygen atoms in total. The van der Waals surface area contributed by atoms with Crippen molar-refractivity contribution in [1.29, 1.82) is 0 Å². The fourth-order valence-electron chi connectivity index (χ4n) is 1.44. The number of nitrogens with one attached hydrogen (secondary N) is 1. The number of hydrogen-bond acceptors (Lipinski definition) is 3. The number of amides is 1. The Balaban J connectivity index is 2.59. The molecule has 1 amide bonds. The number of nitrogens with two attached hydrogens (primary N) is 1. The average molecular weight is 308 g/mol. The van der Waals surface area contributed by atoms with E-state index in [2.05, 4.69) is 10.1 Å². The van der Waals surface area contributed by atoms with Gasteiger partial charge in [0.1, 0.15) is 12.7 Å². The Hall–Kier alpha value is -1.83. The number of carbonyl (C=O) groups excluding carboxylic acids is 1. The third kappa shape index (κ3) is 4.89. The van der Waals surface area contributed by atoms with Crippen molar-refractivity contribution < 1.29 is 27.1 Å². The Kier molecular flexibility index (Phi) is 5.54. The van der Waals surface area contributed by atoms with E-state index in [0.717, 1.165) is 0 Å². The van der Waals surface area contributed by atoms with E-state index in [9.17, 15) is 22.4 Å². The van der Waals surface area contributed by atoms with Crippen LogP contribution < -0.4 is 11.1 Å². The number of halogens is 4. The van der Waals surface area contributed by atoms with Crippen molar-refractivity contribution in [2.24, 2.45) is 0 Å². The molecule has 1 aromatic rings. The average Bonchev–Trinajstić information content (AvgIpc) is 2.39. The van der Waals surface area contributed by atoms with Gasteiger partial charge in [-0.15, -0.1) is 0 Å². The third-order valence-electron chi connectivity index (χ3n) is 2.72. The molecule has 0 saturated heterocycles. The minimum absolute atomic E-state index is 0.435. The van der Waals surface area contributed by atoms with Gasteiger partial charge in [0.05, 0.1) is 0 Å². The first kappa shape index (κ1) is 17.2. The molecule has 1 unspecified atom stereocenters. The van der Waals surface area contributed by atoms with Crippen LogP contribution in [0.4, 0.5) is 28.9 Å². The Labute approximate surface area is 119 Å². The summed E-state index contributed by atoms with van der Waals surface area (Å²) < 4.78 is 53.8. The molecule has 1 atom stereocenters. The van der Waals surface area contributed by atoms with Crippen molar-refractivity contribution in [2.75, 3.05) is 17.7 Å². The smallest absolute Gasteiger partial charge is 0.330 e. The largest absolute Gasteiger partial charge is 0.399 e. The van der Waals surface area contributed by atoms with Gasteiger partial charge >= 0.3 is 12.3 Å². The Morgan fingerprint density at radius 3 is 2.57 bits per heavy atom. The van der Waals surface area contributed by atoms with E-state index in [0.29, 0.717) is 16.9 Å². The third-order valence-corrected chi connectivity index (χ3v) is 2.72. The summed E-state index contributed by atoms with van der Waals surface area (Å²) in [5.74, 6) is -5.00. The summed E-state index contributed by atoms with van der Waals surface area (Å²) >= 11 is 0. The molecule has 0 aliphatic heterocycles.